The summed E-state index contributed by atoms with van der Waals surface area (Å²) in [6.45, 7) is 0.985. The molecule has 1 saturated heterocycles. The zero-order valence-corrected chi connectivity index (χ0v) is 13.7. The van der Waals surface area contributed by atoms with E-state index in [-0.39, 0.29) is 19.2 Å². The molecule has 3 aromatic rings. The highest BCUT2D eigenvalue weighted by Gasteiger charge is 2.19. The minimum absolute atomic E-state index is 0.0697. The quantitative estimate of drug-likeness (QED) is 0.662. The average molecular weight is 338 g/mol. The van der Waals surface area contributed by atoms with Gasteiger partial charge in [0.15, 0.2) is 11.9 Å². The van der Waals surface area contributed by atoms with Gasteiger partial charge >= 0.3 is 0 Å². The van der Waals surface area contributed by atoms with E-state index in [1.165, 1.54) is 6.20 Å². The highest BCUT2D eigenvalue weighted by atomic mass is 16.7. The minimum Gasteiger partial charge on any atom is -0.353 e. The van der Waals surface area contributed by atoms with Crippen molar-refractivity contribution in [2.24, 2.45) is 0 Å². The Bertz CT molecular complexity index is 874. The molecule has 0 amide bonds. The molecule has 1 aliphatic heterocycles. The molecule has 7 nitrogen and oxygen atoms in total. The molecule has 0 N–H and O–H groups in total. The van der Waals surface area contributed by atoms with Crippen molar-refractivity contribution in [1.29, 1.82) is 0 Å². The second kappa shape index (κ2) is 7.50. The van der Waals surface area contributed by atoms with Gasteiger partial charge in [0.1, 0.15) is 12.2 Å². The first-order valence-corrected chi connectivity index (χ1v) is 8.32. The molecule has 1 atom stereocenters. The van der Waals surface area contributed by atoms with Crippen LogP contribution >= 0.6 is 0 Å². The summed E-state index contributed by atoms with van der Waals surface area (Å²) in [5, 5.41) is 0. The van der Waals surface area contributed by atoms with Crippen molar-refractivity contribution in [1.82, 2.24) is 19.9 Å². The first-order chi connectivity index (χ1) is 12.8. The van der Waals surface area contributed by atoms with Crippen LogP contribution in [0.25, 0.3) is 11.2 Å². The van der Waals surface area contributed by atoms with Gasteiger partial charge in [0.05, 0.1) is 7.57 Å². The van der Waals surface area contributed by atoms with Crippen molar-refractivity contribution in [2.75, 3.05) is 18.2 Å². The zero-order chi connectivity index (χ0) is 17.8. The Morgan fingerprint density at radius 3 is 2.96 bits per heavy atom. The van der Waals surface area contributed by atoms with Gasteiger partial charge in [-0.3, -0.25) is 4.90 Å². The summed E-state index contributed by atoms with van der Waals surface area (Å²) >= 11 is 0. The lowest BCUT2D eigenvalue weighted by Crippen LogP contribution is -2.30. The highest BCUT2D eigenvalue weighted by molar-refractivity contribution is 5.70. The minimum atomic E-state index is -0.213. The highest BCUT2D eigenvalue weighted by Crippen LogP contribution is 2.24. The summed E-state index contributed by atoms with van der Waals surface area (Å²) in [6.07, 6.45) is 5.90. The van der Waals surface area contributed by atoms with Crippen molar-refractivity contribution in [3.63, 3.8) is 0 Å². The number of hydrogen-bond acceptors (Lipinski definition) is 7. The molecule has 0 radical (unpaired) electrons. The summed E-state index contributed by atoms with van der Waals surface area (Å²) in [7, 11) is 0. The lowest BCUT2D eigenvalue weighted by atomic mass is 10.2. The molecule has 1 unspecified atom stereocenters. The van der Waals surface area contributed by atoms with Crippen LogP contribution in [0.4, 0.5) is 11.6 Å². The van der Waals surface area contributed by atoms with Crippen LogP contribution in [0.2, 0.25) is 0 Å². The van der Waals surface area contributed by atoms with Crippen LogP contribution in [0, 0.1) is 0 Å². The van der Waals surface area contributed by atoms with E-state index in [4.69, 9.17) is 10.8 Å². The molecule has 0 bridgehead atoms. The third-order valence-corrected chi connectivity index (χ3v) is 4.01. The third kappa shape index (κ3) is 3.72. The number of para-hydroxylation sites is 1. The normalized spacial score (nSPS) is 18.1. The second-order valence-electron chi connectivity index (χ2n) is 5.73. The lowest BCUT2D eigenvalue weighted by Gasteiger charge is -2.27. The zero-order valence-electron chi connectivity index (χ0n) is 14.7. The van der Waals surface area contributed by atoms with Crippen LogP contribution < -0.4 is 4.90 Å². The maximum Gasteiger partial charge on any atom is 0.233 e. The fraction of sp³-hybridized carbons (Fsp3) is 0.333. The number of fused-ring (bicyclic) bond motifs is 1. The SMILES string of the molecule is [2H]c1cnc2cnc(N(COC3CCCCO3)c3ccccc3)nc2n1. The van der Waals surface area contributed by atoms with Gasteiger partial charge in [-0.05, 0) is 31.4 Å². The van der Waals surface area contributed by atoms with E-state index in [0.29, 0.717) is 17.1 Å². The van der Waals surface area contributed by atoms with E-state index in [2.05, 4.69) is 19.9 Å². The fourth-order valence-corrected chi connectivity index (χ4v) is 2.71. The van der Waals surface area contributed by atoms with Gasteiger partial charge in [-0.1, -0.05) is 18.2 Å². The number of ether oxygens (including phenoxy) is 2. The average Bonchev–Trinajstić information content (AvgIpc) is 2.69. The molecular weight excluding hydrogens is 318 g/mol. The third-order valence-electron chi connectivity index (χ3n) is 4.01. The first kappa shape index (κ1) is 14.7. The van der Waals surface area contributed by atoms with Gasteiger partial charge in [0, 0.05) is 24.7 Å². The second-order valence-corrected chi connectivity index (χ2v) is 5.73. The predicted octanol–water partition coefficient (Wildman–Crippen LogP) is 3.06. The number of benzene rings is 1. The number of anilines is 2. The Labute approximate surface area is 147 Å². The molecular formula is C18H19N5O2. The molecule has 1 aliphatic rings. The van der Waals surface area contributed by atoms with Crippen LogP contribution in [0.5, 0.6) is 0 Å². The van der Waals surface area contributed by atoms with Crippen LogP contribution in [-0.2, 0) is 9.47 Å². The van der Waals surface area contributed by atoms with E-state index < -0.39 is 0 Å². The van der Waals surface area contributed by atoms with Crippen LogP contribution in [-0.4, -0.2) is 39.6 Å². The lowest BCUT2D eigenvalue weighted by molar-refractivity contribution is -0.160. The molecule has 1 aromatic carbocycles. The standard InChI is InChI=1S/C18H19N5O2/c1-2-6-14(7-3-1)23(13-25-16-8-4-5-11-24-16)18-21-12-15-17(22-18)20-10-9-19-15/h1-3,6-7,9-10,12,16H,4-5,8,11,13H2/i10D. The summed E-state index contributed by atoms with van der Waals surface area (Å²) in [5.74, 6) is 0.444. The molecule has 128 valence electrons. The van der Waals surface area contributed by atoms with Crippen molar-refractivity contribution in [2.45, 2.75) is 25.6 Å². The maximum absolute atomic E-state index is 7.64. The largest absolute Gasteiger partial charge is 0.353 e. The van der Waals surface area contributed by atoms with E-state index >= 15 is 0 Å². The molecule has 2 aromatic heterocycles. The number of rotatable bonds is 5. The van der Waals surface area contributed by atoms with E-state index in [9.17, 15) is 0 Å². The summed E-state index contributed by atoms with van der Waals surface area (Å²) in [5.41, 5.74) is 1.84. The van der Waals surface area contributed by atoms with Gasteiger partial charge in [0.2, 0.25) is 5.95 Å². The van der Waals surface area contributed by atoms with Crippen molar-refractivity contribution in [3.05, 3.63) is 48.9 Å². The van der Waals surface area contributed by atoms with Crippen LogP contribution in [0.1, 0.15) is 20.6 Å². The summed E-state index contributed by atoms with van der Waals surface area (Å²) < 4.78 is 19.2. The van der Waals surface area contributed by atoms with Crippen molar-refractivity contribution >= 4 is 22.8 Å². The van der Waals surface area contributed by atoms with Gasteiger partial charge in [-0.15, -0.1) is 0 Å². The van der Waals surface area contributed by atoms with E-state index in [0.717, 1.165) is 31.6 Å². The van der Waals surface area contributed by atoms with Crippen molar-refractivity contribution in [3.8, 4) is 0 Å². The Morgan fingerprint density at radius 2 is 2.12 bits per heavy atom. The number of aromatic nitrogens is 4. The monoisotopic (exact) mass is 338 g/mol. The number of hydrogen-bond donors (Lipinski definition) is 0. The Morgan fingerprint density at radius 1 is 1.20 bits per heavy atom. The summed E-state index contributed by atoms with van der Waals surface area (Å²) in [4.78, 5) is 19.0. The summed E-state index contributed by atoms with van der Waals surface area (Å²) in [6, 6.07) is 9.77. The van der Waals surface area contributed by atoms with Gasteiger partial charge in [-0.25, -0.2) is 15.0 Å². The first-order valence-electron chi connectivity index (χ1n) is 8.82. The van der Waals surface area contributed by atoms with Gasteiger partial charge in [-0.2, -0.15) is 4.98 Å². The Hall–Kier alpha value is -2.64. The molecule has 0 saturated carbocycles. The fourth-order valence-electron chi connectivity index (χ4n) is 2.71. The molecule has 0 spiro atoms. The number of nitrogens with zero attached hydrogens (tertiary/aromatic N) is 5. The molecule has 25 heavy (non-hydrogen) atoms. The van der Waals surface area contributed by atoms with Crippen molar-refractivity contribution < 1.29 is 10.8 Å². The smallest absolute Gasteiger partial charge is 0.233 e. The predicted molar refractivity (Wildman–Crippen MR) is 93.3 cm³/mol. The molecule has 1 fully saturated rings. The van der Waals surface area contributed by atoms with E-state index in [1.54, 1.807) is 6.20 Å². The Kier molecular flexibility index (Phi) is 4.40. The van der Waals surface area contributed by atoms with Crippen LogP contribution in [0.3, 0.4) is 0 Å². The topological polar surface area (TPSA) is 73.3 Å². The molecule has 3 heterocycles. The van der Waals surface area contributed by atoms with Crippen LogP contribution in [0.15, 0.2) is 48.9 Å². The van der Waals surface area contributed by atoms with Gasteiger partial charge < -0.3 is 9.47 Å². The van der Waals surface area contributed by atoms with E-state index in [1.807, 2.05) is 35.2 Å². The maximum atomic E-state index is 7.64. The molecule has 0 aliphatic carbocycles. The molecule has 7 heteroatoms. The Balaban J connectivity index is 1.63. The van der Waals surface area contributed by atoms with Gasteiger partial charge in [0.25, 0.3) is 0 Å². The molecule has 4 rings (SSSR count).